The van der Waals surface area contributed by atoms with Crippen LogP contribution in [0.4, 0.5) is 5.69 Å². The van der Waals surface area contributed by atoms with E-state index < -0.39 is 18.4 Å². The Hall–Kier alpha value is -2.09. The zero-order valence-electron chi connectivity index (χ0n) is 12.6. The molecule has 0 bridgehead atoms. The van der Waals surface area contributed by atoms with Crippen molar-refractivity contribution in [2.45, 2.75) is 19.3 Å². The number of hydrogen-bond acceptors (Lipinski definition) is 7. The summed E-state index contributed by atoms with van der Waals surface area (Å²) in [6.07, 6.45) is -1.06. The summed E-state index contributed by atoms with van der Waals surface area (Å²) >= 11 is 0. The van der Waals surface area contributed by atoms with Crippen molar-refractivity contribution in [1.29, 1.82) is 0 Å². The fourth-order valence-electron chi connectivity index (χ4n) is 2.35. The Labute approximate surface area is 128 Å². The van der Waals surface area contributed by atoms with Gasteiger partial charge in [0.15, 0.2) is 6.29 Å². The van der Waals surface area contributed by atoms with Crippen LogP contribution >= 0.6 is 0 Å². The number of hydrogen-bond donors (Lipinski definition) is 3. The lowest BCUT2D eigenvalue weighted by Gasteiger charge is -2.29. The van der Waals surface area contributed by atoms with E-state index in [1.54, 1.807) is 13.0 Å². The third-order valence-corrected chi connectivity index (χ3v) is 3.41. The third kappa shape index (κ3) is 2.78. The third-order valence-electron chi connectivity index (χ3n) is 3.41. The second-order valence-corrected chi connectivity index (χ2v) is 4.59. The molecule has 2 rings (SSSR count). The smallest absolute Gasteiger partial charge is 0.338 e. The van der Waals surface area contributed by atoms with E-state index in [4.69, 9.17) is 14.2 Å². The van der Waals surface area contributed by atoms with Gasteiger partial charge in [-0.05, 0) is 19.1 Å². The SMILES string of the molecule is CCOC(O)C1=CNc2c(OC)ccc(C(=O)OC)c2C1O. The summed E-state index contributed by atoms with van der Waals surface area (Å²) in [5, 5.41) is 23.4. The summed E-state index contributed by atoms with van der Waals surface area (Å²) in [4.78, 5) is 11.9. The summed E-state index contributed by atoms with van der Waals surface area (Å²) in [6.45, 7) is 2.00. The number of benzene rings is 1. The fourth-order valence-corrected chi connectivity index (χ4v) is 2.35. The van der Waals surface area contributed by atoms with Gasteiger partial charge >= 0.3 is 5.97 Å². The molecule has 0 amide bonds. The number of carbonyl (C=O) groups excluding carboxylic acids is 1. The Morgan fingerprint density at radius 3 is 2.73 bits per heavy atom. The molecule has 2 unspecified atom stereocenters. The maximum Gasteiger partial charge on any atom is 0.338 e. The molecule has 1 aromatic carbocycles. The highest BCUT2D eigenvalue weighted by Gasteiger charge is 2.32. The first-order valence-corrected chi connectivity index (χ1v) is 6.78. The van der Waals surface area contributed by atoms with Crippen molar-refractivity contribution in [1.82, 2.24) is 0 Å². The van der Waals surface area contributed by atoms with Gasteiger partial charge in [-0.1, -0.05) is 0 Å². The van der Waals surface area contributed by atoms with Gasteiger partial charge < -0.3 is 29.7 Å². The fraction of sp³-hybridized carbons (Fsp3) is 0.400. The number of aliphatic hydroxyl groups is 2. The van der Waals surface area contributed by atoms with E-state index in [-0.39, 0.29) is 23.3 Å². The van der Waals surface area contributed by atoms with Crippen LogP contribution in [-0.4, -0.2) is 43.3 Å². The summed E-state index contributed by atoms with van der Waals surface area (Å²) in [5.74, 6) is -0.130. The second kappa shape index (κ2) is 6.78. The maximum absolute atomic E-state index is 11.9. The summed E-state index contributed by atoms with van der Waals surface area (Å²) < 4.78 is 15.0. The first kappa shape index (κ1) is 16.3. The molecule has 0 aromatic heterocycles. The monoisotopic (exact) mass is 309 g/mol. The molecule has 1 heterocycles. The Morgan fingerprint density at radius 1 is 1.41 bits per heavy atom. The zero-order valence-corrected chi connectivity index (χ0v) is 12.6. The summed E-state index contributed by atoms with van der Waals surface area (Å²) in [5.41, 5.74) is 1.12. The van der Waals surface area contributed by atoms with Crippen LogP contribution in [0.25, 0.3) is 0 Å². The molecule has 2 atom stereocenters. The van der Waals surface area contributed by atoms with Gasteiger partial charge in [-0.3, -0.25) is 0 Å². The molecule has 1 aromatic rings. The number of rotatable bonds is 5. The predicted molar refractivity (Wildman–Crippen MR) is 78.6 cm³/mol. The van der Waals surface area contributed by atoms with E-state index in [1.807, 2.05) is 0 Å². The van der Waals surface area contributed by atoms with Gasteiger partial charge in [0.1, 0.15) is 11.9 Å². The molecule has 0 radical (unpaired) electrons. The highest BCUT2D eigenvalue weighted by Crippen LogP contribution is 2.42. The number of methoxy groups -OCH3 is 2. The molecule has 7 heteroatoms. The van der Waals surface area contributed by atoms with Crippen LogP contribution in [0.2, 0.25) is 0 Å². The Balaban J connectivity index is 2.52. The first-order chi connectivity index (χ1) is 10.5. The molecule has 120 valence electrons. The van der Waals surface area contributed by atoms with E-state index in [0.717, 1.165) is 0 Å². The van der Waals surface area contributed by atoms with E-state index in [2.05, 4.69) is 5.32 Å². The number of ether oxygens (including phenoxy) is 3. The Bertz CT molecular complexity index is 598. The van der Waals surface area contributed by atoms with Crippen molar-refractivity contribution >= 4 is 11.7 Å². The quantitative estimate of drug-likeness (QED) is 0.555. The minimum atomic E-state index is -1.28. The van der Waals surface area contributed by atoms with Crippen molar-refractivity contribution in [2.24, 2.45) is 0 Å². The molecule has 1 aliphatic heterocycles. The lowest BCUT2D eigenvalue weighted by molar-refractivity contribution is -0.0787. The Kier molecular flexibility index (Phi) is 5.02. The highest BCUT2D eigenvalue weighted by atomic mass is 16.6. The molecule has 7 nitrogen and oxygen atoms in total. The number of fused-ring (bicyclic) bond motifs is 1. The Morgan fingerprint density at radius 2 is 2.14 bits per heavy atom. The van der Waals surface area contributed by atoms with Crippen molar-refractivity contribution < 1.29 is 29.2 Å². The minimum Gasteiger partial charge on any atom is -0.495 e. The van der Waals surface area contributed by atoms with Gasteiger partial charge in [-0.15, -0.1) is 0 Å². The molecular weight excluding hydrogens is 290 g/mol. The lowest BCUT2D eigenvalue weighted by atomic mass is 9.92. The van der Waals surface area contributed by atoms with E-state index >= 15 is 0 Å². The molecule has 3 N–H and O–H groups in total. The first-order valence-electron chi connectivity index (χ1n) is 6.78. The highest BCUT2D eigenvalue weighted by molar-refractivity contribution is 5.94. The summed E-state index contributed by atoms with van der Waals surface area (Å²) in [6, 6.07) is 3.10. The van der Waals surface area contributed by atoms with Crippen LogP contribution in [0, 0.1) is 0 Å². The van der Waals surface area contributed by atoms with E-state index in [0.29, 0.717) is 11.4 Å². The molecule has 22 heavy (non-hydrogen) atoms. The van der Waals surface area contributed by atoms with Crippen LogP contribution in [0.1, 0.15) is 28.9 Å². The average Bonchev–Trinajstić information content (AvgIpc) is 2.53. The minimum absolute atomic E-state index is 0.188. The average molecular weight is 309 g/mol. The number of aliphatic hydroxyl groups excluding tert-OH is 2. The molecule has 1 aliphatic rings. The number of nitrogens with one attached hydrogen (secondary N) is 1. The van der Waals surface area contributed by atoms with Crippen LogP contribution in [-0.2, 0) is 9.47 Å². The summed E-state index contributed by atoms with van der Waals surface area (Å²) in [7, 11) is 2.74. The number of carbonyl (C=O) groups is 1. The largest absolute Gasteiger partial charge is 0.495 e. The second-order valence-electron chi connectivity index (χ2n) is 4.59. The van der Waals surface area contributed by atoms with E-state index in [1.165, 1.54) is 26.5 Å². The van der Waals surface area contributed by atoms with Crippen molar-refractivity contribution in [3.05, 3.63) is 35.0 Å². The van der Waals surface area contributed by atoms with Gasteiger partial charge in [0.2, 0.25) is 0 Å². The topological polar surface area (TPSA) is 97.2 Å². The van der Waals surface area contributed by atoms with Crippen LogP contribution in [0.3, 0.4) is 0 Å². The van der Waals surface area contributed by atoms with Gasteiger partial charge in [0, 0.05) is 23.9 Å². The van der Waals surface area contributed by atoms with Gasteiger partial charge in [-0.25, -0.2) is 4.79 Å². The van der Waals surface area contributed by atoms with Crippen LogP contribution in [0.5, 0.6) is 5.75 Å². The maximum atomic E-state index is 11.9. The molecule has 0 saturated carbocycles. The van der Waals surface area contributed by atoms with Gasteiger partial charge in [0.25, 0.3) is 0 Å². The van der Waals surface area contributed by atoms with Crippen molar-refractivity contribution in [2.75, 3.05) is 26.1 Å². The molecule has 0 spiro atoms. The zero-order chi connectivity index (χ0) is 16.3. The van der Waals surface area contributed by atoms with Gasteiger partial charge in [-0.2, -0.15) is 0 Å². The molecule has 0 fully saturated rings. The van der Waals surface area contributed by atoms with E-state index in [9.17, 15) is 15.0 Å². The lowest BCUT2D eigenvalue weighted by Crippen LogP contribution is -2.26. The van der Waals surface area contributed by atoms with Crippen molar-refractivity contribution in [3.63, 3.8) is 0 Å². The number of anilines is 1. The van der Waals surface area contributed by atoms with Gasteiger partial charge in [0.05, 0.1) is 25.5 Å². The predicted octanol–water partition coefficient (Wildman–Crippen LogP) is 1.18. The molecular formula is C15H19NO6. The normalized spacial score (nSPS) is 17.9. The van der Waals surface area contributed by atoms with Crippen LogP contribution in [0.15, 0.2) is 23.9 Å². The van der Waals surface area contributed by atoms with Crippen molar-refractivity contribution in [3.8, 4) is 5.75 Å². The molecule has 0 aliphatic carbocycles. The molecule has 0 saturated heterocycles. The standard InChI is InChI=1S/C15H19NO6/c1-4-22-15(19)9-7-16-12-10(20-2)6-5-8(14(18)21-3)11(12)13(9)17/h5-7,13,15-17,19H,4H2,1-3H3. The number of esters is 1. The van der Waals surface area contributed by atoms with Crippen LogP contribution < -0.4 is 10.1 Å².